The number of rotatable bonds is 5. The second kappa shape index (κ2) is 7.77. The molecule has 1 N–H and O–H groups in total. The summed E-state index contributed by atoms with van der Waals surface area (Å²) in [5.41, 5.74) is 0.696. The predicted molar refractivity (Wildman–Crippen MR) is 86.5 cm³/mol. The molecule has 0 saturated carbocycles. The van der Waals surface area contributed by atoms with Crippen LogP contribution >= 0.6 is 0 Å². The Balaban J connectivity index is 1.61. The van der Waals surface area contributed by atoms with Crippen molar-refractivity contribution < 1.29 is 19.0 Å². The topological polar surface area (TPSA) is 60.0 Å². The molecular formula is C17H24N2O4. The lowest BCUT2D eigenvalue weighted by molar-refractivity contribution is -0.127. The number of carbonyl (C=O) groups excluding carboxylic acids is 1. The Kier molecular flexibility index (Phi) is 5.48. The zero-order chi connectivity index (χ0) is 16.1. The summed E-state index contributed by atoms with van der Waals surface area (Å²) in [4.78, 5) is 14.6. The molecule has 1 aromatic carbocycles. The third kappa shape index (κ3) is 4.02. The molecular weight excluding hydrogens is 296 g/mol. The van der Waals surface area contributed by atoms with Gasteiger partial charge >= 0.3 is 0 Å². The SMILES string of the molecule is COc1ccccc1NC(=O)CN1CCCCC1C1OCCO1. The molecule has 2 aliphatic rings. The fraction of sp³-hybridized carbons (Fsp3) is 0.588. The summed E-state index contributed by atoms with van der Waals surface area (Å²) >= 11 is 0. The summed E-state index contributed by atoms with van der Waals surface area (Å²) in [6, 6.07) is 7.59. The lowest BCUT2D eigenvalue weighted by atomic mass is 10.0. The van der Waals surface area contributed by atoms with Crippen LogP contribution in [0.15, 0.2) is 24.3 Å². The molecule has 0 aliphatic carbocycles. The van der Waals surface area contributed by atoms with Gasteiger partial charge in [0.1, 0.15) is 5.75 Å². The average Bonchev–Trinajstić information content (AvgIpc) is 3.10. The van der Waals surface area contributed by atoms with Gasteiger partial charge in [0.05, 0.1) is 38.6 Å². The molecule has 0 aromatic heterocycles. The zero-order valence-electron chi connectivity index (χ0n) is 13.5. The van der Waals surface area contributed by atoms with E-state index in [-0.39, 0.29) is 18.2 Å². The van der Waals surface area contributed by atoms with Crippen LogP contribution in [0.3, 0.4) is 0 Å². The van der Waals surface area contributed by atoms with E-state index in [1.165, 1.54) is 0 Å². The molecule has 2 fully saturated rings. The summed E-state index contributed by atoms with van der Waals surface area (Å²) in [5, 5.41) is 2.93. The maximum atomic E-state index is 12.4. The molecule has 2 heterocycles. The Labute approximate surface area is 136 Å². The first kappa shape index (κ1) is 16.2. The number of benzene rings is 1. The smallest absolute Gasteiger partial charge is 0.238 e. The van der Waals surface area contributed by atoms with E-state index < -0.39 is 0 Å². The maximum absolute atomic E-state index is 12.4. The van der Waals surface area contributed by atoms with Crippen molar-refractivity contribution in [3.05, 3.63) is 24.3 Å². The van der Waals surface area contributed by atoms with Gasteiger partial charge in [-0.2, -0.15) is 0 Å². The predicted octanol–water partition coefficient (Wildman–Crippen LogP) is 1.86. The number of anilines is 1. The number of ether oxygens (including phenoxy) is 3. The highest BCUT2D eigenvalue weighted by atomic mass is 16.7. The van der Waals surface area contributed by atoms with Crippen molar-refractivity contribution in [1.82, 2.24) is 4.90 Å². The minimum Gasteiger partial charge on any atom is -0.495 e. The third-order valence-corrected chi connectivity index (χ3v) is 4.35. The second-order valence-electron chi connectivity index (χ2n) is 5.89. The number of likely N-dealkylation sites (tertiary alicyclic amines) is 1. The number of nitrogens with one attached hydrogen (secondary N) is 1. The first-order valence-corrected chi connectivity index (χ1v) is 8.18. The van der Waals surface area contributed by atoms with Crippen LogP contribution in [0.1, 0.15) is 19.3 Å². The van der Waals surface area contributed by atoms with Gasteiger partial charge in [0, 0.05) is 0 Å². The number of hydrogen-bond acceptors (Lipinski definition) is 5. The van der Waals surface area contributed by atoms with Crippen LogP contribution in [-0.2, 0) is 14.3 Å². The Morgan fingerprint density at radius 1 is 1.30 bits per heavy atom. The van der Waals surface area contributed by atoms with Crippen molar-refractivity contribution in [1.29, 1.82) is 0 Å². The first-order valence-electron chi connectivity index (χ1n) is 8.18. The third-order valence-electron chi connectivity index (χ3n) is 4.35. The number of methoxy groups -OCH3 is 1. The average molecular weight is 320 g/mol. The van der Waals surface area contributed by atoms with Gasteiger partial charge in [-0.05, 0) is 31.5 Å². The van der Waals surface area contributed by atoms with Crippen molar-refractivity contribution in [3.8, 4) is 5.75 Å². The highest BCUT2D eigenvalue weighted by molar-refractivity contribution is 5.93. The Morgan fingerprint density at radius 3 is 2.87 bits per heavy atom. The Bertz CT molecular complexity index is 531. The molecule has 1 aromatic rings. The van der Waals surface area contributed by atoms with Gasteiger partial charge in [0.2, 0.25) is 5.91 Å². The lowest BCUT2D eigenvalue weighted by Crippen LogP contribution is -2.50. The first-order chi connectivity index (χ1) is 11.3. The lowest BCUT2D eigenvalue weighted by Gasteiger charge is -2.37. The van der Waals surface area contributed by atoms with Crippen LogP contribution in [-0.4, -0.2) is 56.6 Å². The zero-order valence-corrected chi connectivity index (χ0v) is 13.5. The highest BCUT2D eigenvalue weighted by Crippen LogP contribution is 2.25. The van der Waals surface area contributed by atoms with Gasteiger partial charge < -0.3 is 19.5 Å². The minimum atomic E-state index is -0.200. The normalized spacial score (nSPS) is 22.9. The molecule has 6 nitrogen and oxygen atoms in total. The van der Waals surface area contributed by atoms with E-state index in [2.05, 4.69) is 10.2 Å². The number of hydrogen-bond donors (Lipinski definition) is 1. The van der Waals surface area contributed by atoms with Crippen LogP contribution in [0.5, 0.6) is 5.75 Å². The number of nitrogens with zero attached hydrogens (tertiary/aromatic N) is 1. The summed E-state index contributed by atoms with van der Waals surface area (Å²) in [5.74, 6) is 0.623. The number of amides is 1. The van der Waals surface area contributed by atoms with Crippen molar-refractivity contribution >= 4 is 11.6 Å². The molecule has 2 aliphatic heterocycles. The van der Waals surface area contributed by atoms with E-state index in [0.29, 0.717) is 31.2 Å². The minimum absolute atomic E-state index is 0.0422. The molecule has 6 heteroatoms. The highest BCUT2D eigenvalue weighted by Gasteiger charge is 2.34. The number of piperidine rings is 1. The van der Waals surface area contributed by atoms with Crippen LogP contribution in [0.2, 0.25) is 0 Å². The van der Waals surface area contributed by atoms with E-state index in [4.69, 9.17) is 14.2 Å². The van der Waals surface area contributed by atoms with Crippen LogP contribution in [0, 0.1) is 0 Å². The van der Waals surface area contributed by atoms with Gasteiger partial charge in [-0.15, -0.1) is 0 Å². The second-order valence-corrected chi connectivity index (χ2v) is 5.89. The van der Waals surface area contributed by atoms with Crippen LogP contribution in [0.4, 0.5) is 5.69 Å². The molecule has 0 bridgehead atoms. The van der Waals surface area contributed by atoms with E-state index in [1.807, 2.05) is 24.3 Å². The van der Waals surface area contributed by atoms with Crippen molar-refractivity contribution in [2.24, 2.45) is 0 Å². The molecule has 1 atom stereocenters. The Hall–Kier alpha value is -1.63. The maximum Gasteiger partial charge on any atom is 0.238 e. The van der Waals surface area contributed by atoms with E-state index in [1.54, 1.807) is 7.11 Å². The van der Waals surface area contributed by atoms with Gasteiger partial charge in [0.15, 0.2) is 6.29 Å². The molecule has 1 unspecified atom stereocenters. The summed E-state index contributed by atoms with van der Waals surface area (Å²) in [6.45, 7) is 2.52. The summed E-state index contributed by atoms with van der Waals surface area (Å²) in [6.07, 6.45) is 3.06. The van der Waals surface area contributed by atoms with E-state index in [9.17, 15) is 4.79 Å². The summed E-state index contributed by atoms with van der Waals surface area (Å²) < 4.78 is 16.6. The molecule has 2 saturated heterocycles. The Morgan fingerprint density at radius 2 is 2.09 bits per heavy atom. The van der Waals surface area contributed by atoms with Gasteiger partial charge in [0.25, 0.3) is 0 Å². The van der Waals surface area contributed by atoms with E-state index in [0.717, 1.165) is 25.8 Å². The van der Waals surface area contributed by atoms with Gasteiger partial charge in [-0.25, -0.2) is 0 Å². The molecule has 1 amide bonds. The molecule has 23 heavy (non-hydrogen) atoms. The van der Waals surface area contributed by atoms with Crippen LogP contribution < -0.4 is 10.1 Å². The molecule has 0 radical (unpaired) electrons. The number of para-hydroxylation sites is 2. The molecule has 3 rings (SSSR count). The van der Waals surface area contributed by atoms with Gasteiger partial charge in [-0.3, -0.25) is 9.69 Å². The fourth-order valence-corrected chi connectivity index (χ4v) is 3.24. The van der Waals surface area contributed by atoms with Crippen molar-refractivity contribution in [3.63, 3.8) is 0 Å². The monoisotopic (exact) mass is 320 g/mol. The van der Waals surface area contributed by atoms with Crippen molar-refractivity contribution in [2.45, 2.75) is 31.6 Å². The molecule has 126 valence electrons. The largest absolute Gasteiger partial charge is 0.495 e. The van der Waals surface area contributed by atoms with Crippen molar-refractivity contribution in [2.75, 3.05) is 38.7 Å². The number of carbonyl (C=O) groups is 1. The quantitative estimate of drug-likeness (QED) is 0.897. The van der Waals surface area contributed by atoms with Crippen LogP contribution in [0.25, 0.3) is 0 Å². The standard InChI is InChI=1S/C17H24N2O4/c1-21-15-8-3-2-6-13(15)18-16(20)12-19-9-5-4-7-14(19)17-22-10-11-23-17/h2-3,6,8,14,17H,4-5,7,9-12H2,1H3,(H,18,20). The summed E-state index contributed by atoms with van der Waals surface area (Å²) in [7, 11) is 1.60. The van der Waals surface area contributed by atoms with Gasteiger partial charge in [-0.1, -0.05) is 18.6 Å². The van der Waals surface area contributed by atoms with E-state index >= 15 is 0 Å². The molecule has 0 spiro atoms. The fourth-order valence-electron chi connectivity index (χ4n) is 3.24.